The Balaban J connectivity index is 1.58. The van der Waals surface area contributed by atoms with Gasteiger partial charge in [-0.05, 0) is 31.0 Å². The Hall–Kier alpha value is -2.01. The molecule has 5 heteroatoms. The summed E-state index contributed by atoms with van der Waals surface area (Å²) in [4.78, 5) is 9.84. The Labute approximate surface area is 136 Å². The molecule has 0 bridgehead atoms. The van der Waals surface area contributed by atoms with Crippen molar-refractivity contribution in [3.8, 4) is 11.5 Å². The van der Waals surface area contributed by atoms with Crippen molar-refractivity contribution in [1.82, 2.24) is 9.88 Å². The summed E-state index contributed by atoms with van der Waals surface area (Å²) >= 11 is 0. The van der Waals surface area contributed by atoms with Gasteiger partial charge in [-0.1, -0.05) is 0 Å². The van der Waals surface area contributed by atoms with Crippen LogP contribution in [0.2, 0.25) is 0 Å². The van der Waals surface area contributed by atoms with Crippen molar-refractivity contribution in [1.29, 1.82) is 0 Å². The number of rotatable bonds is 4. The summed E-state index contributed by atoms with van der Waals surface area (Å²) in [6.07, 6.45) is 2.77. The SMILES string of the molecule is COc1cc2ccc(N3CCN(C4CC4)CC3)nc2cc1OC. The molecule has 1 saturated carbocycles. The maximum Gasteiger partial charge on any atom is 0.162 e. The van der Waals surface area contributed by atoms with Crippen LogP contribution in [0.1, 0.15) is 12.8 Å². The van der Waals surface area contributed by atoms with Crippen LogP contribution in [0.15, 0.2) is 24.3 Å². The van der Waals surface area contributed by atoms with Gasteiger partial charge in [-0.2, -0.15) is 0 Å². The van der Waals surface area contributed by atoms with Crippen molar-refractivity contribution in [2.75, 3.05) is 45.3 Å². The van der Waals surface area contributed by atoms with Crippen LogP contribution >= 0.6 is 0 Å². The smallest absolute Gasteiger partial charge is 0.162 e. The number of anilines is 1. The fraction of sp³-hybridized carbons (Fsp3) is 0.500. The van der Waals surface area contributed by atoms with Crippen LogP contribution < -0.4 is 14.4 Å². The highest BCUT2D eigenvalue weighted by Gasteiger charge is 2.31. The molecule has 0 unspecified atom stereocenters. The van der Waals surface area contributed by atoms with Crippen molar-refractivity contribution in [2.45, 2.75) is 18.9 Å². The van der Waals surface area contributed by atoms with Gasteiger partial charge in [0.1, 0.15) is 5.82 Å². The molecule has 1 saturated heterocycles. The lowest BCUT2D eigenvalue weighted by Crippen LogP contribution is -2.47. The minimum Gasteiger partial charge on any atom is -0.493 e. The van der Waals surface area contributed by atoms with Gasteiger partial charge in [0, 0.05) is 43.7 Å². The van der Waals surface area contributed by atoms with Gasteiger partial charge in [0.2, 0.25) is 0 Å². The number of pyridine rings is 1. The predicted molar refractivity (Wildman–Crippen MR) is 91.7 cm³/mol. The zero-order valence-corrected chi connectivity index (χ0v) is 13.8. The Bertz CT molecular complexity index is 707. The largest absolute Gasteiger partial charge is 0.493 e. The molecule has 1 aromatic heterocycles. The number of hydrogen-bond donors (Lipinski definition) is 0. The van der Waals surface area contributed by atoms with E-state index in [0.29, 0.717) is 0 Å². The van der Waals surface area contributed by atoms with Gasteiger partial charge in [-0.25, -0.2) is 4.98 Å². The molecule has 2 heterocycles. The number of ether oxygens (including phenoxy) is 2. The third-order valence-corrected chi connectivity index (χ3v) is 4.88. The lowest BCUT2D eigenvalue weighted by atomic mass is 10.2. The topological polar surface area (TPSA) is 37.8 Å². The van der Waals surface area contributed by atoms with Crippen molar-refractivity contribution in [2.24, 2.45) is 0 Å². The number of hydrogen-bond acceptors (Lipinski definition) is 5. The summed E-state index contributed by atoms with van der Waals surface area (Å²) in [7, 11) is 3.31. The first-order valence-electron chi connectivity index (χ1n) is 8.30. The zero-order valence-electron chi connectivity index (χ0n) is 13.8. The van der Waals surface area contributed by atoms with Gasteiger partial charge in [-0.15, -0.1) is 0 Å². The standard InChI is InChI=1S/C18H23N3O2/c1-22-16-11-13-3-6-18(19-15(13)12-17(16)23-2)21-9-7-20(8-10-21)14-4-5-14/h3,6,11-12,14H,4-5,7-10H2,1-2H3. The van der Waals surface area contributed by atoms with E-state index in [9.17, 15) is 0 Å². The summed E-state index contributed by atoms with van der Waals surface area (Å²) in [6, 6.07) is 9.03. The zero-order chi connectivity index (χ0) is 15.8. The monoisotopic (exact) mass is 313 g/mol. The van der Waals surface area contributed by atoms with Crippen molar-refractivity contribution >= 4 is 16.7 Å². The summed E-state index contributed by atoms with van der Waals surface area (Å²) < 4.78 is 10.8. The number of aromatic nitrogens is 1. The van der Waals surface area contributed by atoms with Crippen molar-refractivity contribution in [3.63, 3.8) is 0 Å². The molecule has 0 radical (unpaired) electrons. The molecule has 0 N–H and O–H groups in total. The molecule has 4 rings (SSSR count). The van der Waals surface area contributed by atoms with E-state index in [4.69, 9.17) is 14.5 Å². The molecule has 0 amide bonds. The van der Waals surface area contributed by atoms with Crippen molar-refractivity contribution in [3.05, 3.63) is 24.3 Å². The van der Waals surface area contributed by atoms with Gasteiger partial charge < -0.3 is 14.4 Å². The van der Waals surface area contributed by atoms with Crippen LogP contribution in [-0.4, -0.2) is 56.3 Å². The van der Waals surface area contributed by atoms with Gasteiger partial charge in [-0.3, -0.25) is 4.90 Å². The molecule has 2 aliphatic rings. The number of methoxy groups -OCH3 is 2. The van der Waals surface area contributed by atoms with Gasteiger partial charge in [0.15, 0.2) is 11.5 Å². The summed E-state index contributed by atoms with van der Waals surface area (Å²) in [6.45, 7) is 4.41. The summed E-state index contributed by atoms with van der Waals surface area (Å²) in [5.41, 5.74) is 0.949. The summed E-state index contributed by atoms with van der Waals surface area (Å²) in [5, 5.41) is 1.07. The molecular weight excluding hydrogens is 290 g/mol. The van der Waals surface area contributed by atoms with Crippen LogP contribution in [0.3, 0.4) is 0 Å². The van der Waals surface area contributed by atoms with Gasteiger partial charge in [0.25, 0.3) is 0 Å². The highest BCUT2D eigenvalue weighted by molar-refractivity contribution is 5.84. The highest BCUT2D eigenvalue weighted by Crippen LogP contribution is 2.33. The molecule has 122 valence electrons. The van der Waals surface area contributed by atoms with Crippen molar-refractivity contribution < 1.29 is 9.47 Å². The Kier molecular flexibility index (Phi) is 3.73. The Morgan fingerprint density at radius 2 is 1.65 bits per heavy atom. The quantitative estimate of drug-likeness (QED) is 0.867. The Morgan fingerprint density at radius 1 is 0.957 bits per heavy atom. The molecule has 23 heavy (non-hydrogen) atoms. The molecule has 1 aliphatic carbocycles. The average molecular weight is 313 g/mol. The van der Waals surface area contributed by atoms with E-state index < -0.39 is 0 Å². The second-order valence-corrected chi connectivity index (χ2v) is 6.32. The first-order chi connectivity index (χ1) is 11.3. The molecule has 0 atom stereocenters. The van der Waals surface area contributed by atoms with Crippen LogP contribution in [0.5, 0.6) is 11.5 Å². The molecule has 2 aromatic rings. The van der Waals surface area contributed by atoms with E-state index in [2.05, 4.69) is 21.9 Å². The number of piperazine rings is 1. The fourth-order valence-corrected chi connectivity index (χ4v) is 3.37. The molecule has 1 aliphatic heterocycles. The minimum atomic E-state index is 0.725. The van der Waals surface area contributed by atoms with Crippen LogP contribution in [0.25, 0.3) is 10.9 Å². The molecule has 0 spiro atoms. The van der Waals surface area contributed by atoms with Crippen LogP contribution in [-0.2, 0) is 0 Å². The van der Waals surface area contributed by atoms with E-state index in [1.54, 1.807) is 14.2 Å². The lowest BCUT2D eigenvalue weighted by molar-refractivity contribution is 0.247. The van der Waals surface area contributed by atoms with E-state index in [-0.39, 0.29) is 0 Å². The maximum absolute atomic E-state index is 5.39. The Morgan fingerprint density at radius 3 is 2.30 bits per heavy atom. The van der Waals surface area contributed by atoms with Gasteiger partial charge in [0.05, 0.1) is 19.7 Å². The fourth-order valence-electron chi connectivity index (χ4n) is 3.37. The first-order valence-corrected chi connectivity index (χ1v) is 8.30. The van der Waals surface area contributed by atoms with Crippen LogP contribution in [0.4, 0.5) is 5.82 Å². The van der Waals surface area contributed by atoms with E-state index in [1.807, 2.05) is 12.1 Å². The third kappa shape index (κ3) is 2.81. The number of benzene rings is 1. The first kappa shape index (κ1) is 14.6. The summed E-state index contributed by atoms with van der Waals surface area (Å²) in [5.74, 6) is 2.52. The number of nitrogens with zero attached hydrogens (tertiary/aromatic N) is 3. The third-order valence-electron chi connectivity index (χ3n) is 4.88. The second kappa shape index (κ2) is 5.89. The molecular formula is C18H23N3O2. The van der Waals surface area contributed by atoms with E-state index in [1.165, 1.54) is 12.8 Å². The van der Waals surface area contributed by atoms with E-state index >= 15 is 0 Å². The second-order valence-electron chi connectivity index (χ2n) is 6.32. The lowest BCUT2D eigenvalue weighted by Gasteiger charge is -2.35. The predicted octanol–water partition coefficient (Wildman–Crippen LogP) is 2.54. The van der Waals surface area contributed by atoms with Crippen LogP contribution in [0, 0.1) is 0 Å². The normalized spacial score (nSPS) is 19.1. The maximum atomic E-state index is 5.39. The number of fused-ring (bicyclic) bond motifs is 1. The van der Waals surface area contributed by atoms with E-state index in [0.717, 1.165) is 60.4 Å². The molecule has 1 aromatic carbocycles. The minimum absolute atomic E-state index is 0.725. The molecule has 5 nitrogen and oxygen atoms in total. The highest BCUT2D eigenvalue weighted by atomic mass is 16.5. The van der Waals surface area contributed by atoms with Gasteiger partial charge >= 0.3 is 0 Å². The molecule has 2 fully saturated rings. The average Bonchev–Trinajstić information content (AvgIpc) is 3.45.